The van der Waals surface area contributed by atoms with Gasteiger partial charge in [0.15, 0.2) is 6.10 Å². The topological polar surface area (TPSA) is 108 Å². The molecule has 10 heteroatoms. The van der Waals surface area contributed by atoms with Crippen LogP contribution in [0.3, 0.4) is 0 Å². The van der Waals surface area contributed by atoms with Crippen molar-refractivity contribution >= 4 is 19.8 Å². The van der Waals surface area contributed by atoms with Gasteiger partial charge in [-0.1, -0.05) is 357 Å². The monoisotopic (exact) mass is 1290 g/mol. The summed E-state index contributed by atoms with van der Waals surface area (Å²) in [7, 11) is 1.50. The van der Waals surface area contributed by atoms with Crippen molar-refractivity contribution in [3.05, 3.63) is 60.8 Å². The number of esters is 2. The van der Waals surface area contributed by atoms with E-state index in [0.29, 0.717) is 23.9 Å². The molecule has 0 bridgehead atoms. The van der Waals surface area contributed by atoms with Crippen LogP contribution in [0.5, 0.6) is 0 Å². The number of allylic oxidation sites excluding steroid dienone is 10. The molecule has 0 fully saturated rings. The minimum Gasteiger partial charge on any atom is -0.462 e. The minimum atomic E-state index is -4.39. The first-order valence-corrected chi connectivity index (χ1v) is 40.5. The van der Waals surface area contributed by atoms with Crippen LogP contribution in [0, 0.1) is 0 Å². The average molecular weight is 1290 g/mol. The van der Waals surface area contributed by atoms with Crippen molar-refractivity contribution in [2.75, 3.05) is 47.5 Å². The fraction of sp³-hybridized carbons (Fsp3) is 0.850. The zero-order chi connectivity index (χ0) is 65.5. The number of hydrogen-bond acceptors (Lipinski definition) is 7. The Morgan fingerprint density at radius 2 is 0.633 bits per heavy atom. The SMILES string of the molecule is CC/C=C\C/C=C\C/C=C\C/C=C\CCCCCCCCCCCCCCCCCCCCCCCCCCCCCCC(=O)OC(COC(=O)CCCCCCCCCCCCCCC/C=C\CCCCCCCCCC)COP(=O)(O)OCC[N+](C)(C)C. The van der Waals surface area contributed by atoms with Gasteiger partial charge < -0.3 is 18.9 Å². The fourth-order valence-electron chi connectivity index (χ4n) is 11.6. The maximum absolute atomic E-state index is 12.9. The largest absolute Gasteiger partial charge is 0.472 e. The van der Waals surface area contributed by atoms with Gasteiger partial charge in [-0.25, -0.2) is 4.57 Å². The number of nitrogens with zero attached hydrogens (tertiary/aromatic N) is 1. The first kappa shape index (κ1) is 87.7. The zero-order valence-electron chi connectivity index (χ0n) is 60.4. The van der Waals surface area contributed by atoms with E-state index >= 15 is 0 Å². The van der Waals surface area contributed by atoms with E-state index in [4.69, 9.17) is 18.5 Å². The molecule has 0 aliphatic heterocycles. The molecule has 0 aromatic carbocycles. The van der Waals surface area contributed by atoms with Crippen LogP contribution in [-0.2, 0) is 32.7 Å². The Morgan fingerprint density at radius 3 is 0.956 bits per heavy atom. The molecule has 90 heavy (non-hydrogen) atoms. The highest BCUT2D eigenvalue weighted by atomic mass is 31.2. The number of carbonyl (C=O) groups is 2. The average Bonchev–Trinajstić information content (AvgIpc) is 3.62. The predicted molar refractivity (Wildman–Crippen MR) is 390 cm³/mol. The third-order valence-corrected chi connectivity index (χ3v) is 18.5. The molecular weight excluding hydrogens is 1130 g/mol. The Bertz CT molecular complexity index is 1700. The molecule has 0 spiro atoms. The number of ether oxygens (including phenoxy) is 2. The lowest BCUT2D eigenvalue weighted by atomic mass is 10.0. The molecule has 0 aromatic heterocycles. The molecule has 0 aromatic rings. The fourth-order valence-corrected chi connectivity index (χ4v) is 12.3. The first-order valence-electron chi connectivity index (χ1n) is 39.0. The van der Waals surface area contributed by atoms with E-state index in [1.807, 2.05) is 21.1 Å². The zero-order valence-corrected chi connectivity index (χ0v) is 61.3. The molecule has 528 valence electrons. The van der Waals surface area contributed by atoms with Crippen molar-refractivity contribution in [1.82, 2.24) is 0 Å². The summed E-state index contributed by atoms with van der Waals surface area (Å²) in [5.74, 6) is -0.775. The van der Waals surface area contributed by atoms with Crippen LogP contribution >= 0.6 is 7.82 Å². The van der Waals surface area contributed by atoms with Gasteiger partial charge in [0.25, 0.3) is 0 Å². The molecule has 0 saturated carbocycles. The first-order chi connectivity index (χ1) is 44.0. The number of likely N-dealkylation sites (N-methyl/N-ethyl adjacent to an activating group) is 1. The van der Waals surface area contributed by atoms with Crippen molar-refractivity contribution in [1.29, 1.82) is 0 Å². The Hall–Kier alpha value is -2.29. The summed E-state index contributed by atoms with van der Waals surface area (Å²) >= 11 is 0. The minimum absolute atomic E-state index is 0.0342. The normalized spacial score (nSPS) is 13.4. The molecule has 0 rings (SSSR count). The van der Waals surface area contributed by atoms with Gasteiger partial charge in [-0.3, -0.25) is 18.6 Å². The molecule has 0 aliphatic carbocycles. The van der Waals surface area contributed by atoms with Gasteiger partial charge in [-0.15, -0.1) is 0 Å². The number of carbonyl (C=O) groups excluding carboxylic acids is 2. The van der Waals surface area contributed by atoms with Gasteiger partial charge in [0, 0.05) is 12.8 Å². The quantitative estimate of drug-likeness (QED) is 0.0211. The second kappa shape index (κ2) is 71.0. The number of phosphoric acid groups is 1. The van der Waals surface area contributed by atoms with Crippen molar-refractivity contribution in [3.63, 3.8) is 0 Å². The third-order valence-electron chi connectivity index (χ3n) is 17.5. The van der Waals surface area contributed by atoms with Crippen LogP contribution in [0.2, 0.25) is 0 Å². The molecule has 2 atom stereocenters. The van der Waals surface area contributed by atoms with Gasteiger partial charge in [0.1, 0.15) is 19.8 Å². The van der Waals surface area contributed by atoms with E-state index in [-0.39, 0.29) is 25.6 Å². The molecule has 9 nitrogen and oxygen atoms in total. The van der Waals surface area contributed by atoms with Crippen LogP contribution in [-0.4, -0.2) is 74.9 Å². The summed E-state index contributed by atoms with van der Waals surface area (Å²) in [6.45, 7) is 4.39. The van der Waals surface area contributed by atoms with Crippen molar-refractivity contribution in [2.45, 2.75) is 392 Å². The lowest BCUT2D eigenvalue weighted by molar-refractivity contribution is -0.870. The highest BCUT2D eigenvalue weighted by molar-refractivity contribution is 7.47. The van der Waals surface area contributed by atoms with E-state index in [1.54, 1.807) is 0 Å². The molecular formula is C80H151NO8P+. The van der Waals surface area contributed by atoms with Crippen LogP contribution in [0.4, 0.5) is 0 Å². The predicted octanol–water partition coefficient (Wildman–Crippen LogP) is 25.7. The Morgan fingerprint density at radius 1 is 0.356 bits per heavy atom. The number of hydrogen-bond donors (Lipinski definition) is 1. The maximum atomic E-state index is 12.9. The number of unbranched alkanes of at least 4 members (excludes halogenated alkanes) is 49. The van der Waals surface area contributed by atoms with Crippen LogP contribution in [0.15, 0.2) is 60.8 Å². The lowest BCUT2D eigenvalue weighted by Crippen LogP contribution is -2.37. The molecule has 0 aliphatic rings. The van der Waals surface area contributed by atoms with Crippen LogP contribution < -0.4 is 0 Å². The van der Waals surface area contributed by atoms with E-state index < -0.39 is 26.5 Å². The van der Waals surface area contributed by atoms with E-state index in [0.717, 1.165) is 57.8 Å². The van der Waals surface area contributed by atoms with Crippen LogP contribution in [0.25, 0.3) is 0 Å². The lowest BCUT2D eigenvalue weighted by Gasteiger charge is -2.24. The van der Waals surface area contributed by atoms with Gasteiger partial charge in [-0.2, -0.15) is 0 Å². The molecule has 0 radical (unpaired) electrons. The molecule has 1 N–H and O–H groups in total. The summed E-state index contributed by atoms with van der Waals surface area (Å²) in [5.41, 5.74) is 0. The van der Waals surface area contributed by atoms with Crippen molar-refractivity contribution in [2.24, 2.45) is 0 Å². The molecule has 0 heterocycles. The third kappa shape index (κ3) is 74.7. The Balaban J connectivity index is 3.89. The van der Waals surface area contributed by atoms with Crippen molar-refractivity contribution < 1.29 is 42.1 Å². The maximum Gasteiger partial charge on any atom is 0.472 e. The van der Waals surface area contributed by atoms with E-state index in [1.165, 1.54) is 295 Å². The highest BCUT2D eigenvalue weighted by Crippen LogP contribution is 2.43. The van der Waals surface area contributed by atoms with E-state index in [2.05, 4.69) is 74.6 Å². The second-order valence-corrected chi connectivity index (χ2v) is 29.2. The summed E-state index contributed by atoms with van der Waals surface area (Å²) < 4.78 is 34.8. The summed E-state index contributed by atoms with van der Waals surface area (Å²) in [4.78, 5) is 35.9. The summed E-state index contributed by atoms with van der Waals surface area (Å²) in [6, 6.07) is 0. The molecule has 0 amide bonds. The highest BCUT2D eigenvalue weighted by Gasteiger charge is 2.27. The van der Waals surface area contributed by atoms with Gasteiger partial charge in [0.2, 0.25) is 0 Å². The van der Waals surface area contributed by atoms with E-state index in [9.17, 15) is 19.0 Å². The summed E-state index contributed by atoms with van der Waals surface area (Å²) in [6.07, 6.45) is 95.1. The van der Waals surface area contributed by atoms with Gasteiger partial charge >= 0.3 is 19.8 Å². The number of phosphoric ester groups is 1. The standard InChI is InChI=1S/C80H150NO8P/c1-6-8-10-12-14-16-18-20-22-24-26-28-30-32-33-34-35-36-37-38-39-40-41-42-43-44-45-46-47-49-51-53-55-57-59-61-63-65-67-69-71-73-80(83)89-78(77-88-90(84,85)87-75-74-81(3,4)5)76-86-79(82)72-70-68-66-64-62-60-58-56-54-52-50-48-31-29-27-25-23-21-19-17-15-13-11-9-7-2/h8,10,14,16,20,22,25-28,78H,6-7,9,11-13,15,17-19,21,23-24,29-77H2,1-5H3/p+1/b10-8-,16-14-,22-20-,27-25-,28-26-. The smallest absolute Gasteiger partial charge is 0.462 e. The summed E-state index contributed by atoms with van der Waals surface area (Å²) in [5, 5.41) is 0. The Kier molecular flexibility index (Phi) is 69.2. The second-order valence-electron chi connectivity index (χ2n) is 27.7. The number of rotatable bonds is 73. The van der Waals surface area contributed by atoms with Crippen LogP contribution in [0.1, 0.15) is 386 Å². The number of quaternary nitrogens is 1. The molecule has 2 unspecified atom stereocenters. The van der Waals surface area contributed by atoms with Gasteiger partial charge in [0.05, 0.1) is 27.7 Å². The Labute approximate surface area is 559 Å². The van der Waals surface area contributed by atoms with Crippen molar-refractivity contribution in [3.8, 4) is 0 Å². The molecule has 0 saturated heterocycles. The van der Waals surface area contributed by atoms with Gasteiger partial charge in [-0.05, 0) is 77.0 Å².